The summed E-state index contributed by atoms with van der Waals surface area (Å²) in [4.78, 5) is 27.3. The summed E-state index contributed by atoms with van der Waals surface area (Å²) in [6.07, 6.45) is 1.01. The number of thiazole rings is 1. The Balaban J connectivity index is 2.09. The number of nitrogens with zero attached hydrogens (tertiary/aromatic N) is 1. The van der Waals surface area contributed by atoms with Crippen LogP contribution < -0.4 is 10.1 Å². The van der Waals surface area contributed by atoms with Crippen LogP contribution in [0.5, 0.6) is 5.75 Å². The fourth-order valence-corrected chi connectivity index (χ4v) is 2.62. The summed E-state index contributed by atoms with van der Waals surface area (Å²) >= 11 is 1.53. The van der Waals surface area contributed by atoms with Crippen molar-refractivity contribution >= 4 is 28.9 Å². The van der Waals surface area contributed by atoms with Crippen LogP contribution in [0.15, 0.2) is 23.6 Å². The molecule has 116 valence electrons. The number of anilines is 1. The van der Waals surface area contributed by atoms with Crippen LogP contribution in [-0.2, 0) is 17.6 Å². The molecule has 0 radical (unpaired) electrons. The van der Waals surface area contributed by atoms with Gasteiger partial charge in [0.25, 0.3) is 0 Å². The minimum atomic E-state index is -1.05. The number of ether oxygens (including phenoxy) is 1. The third kappa shape index (κ3) is 3.82. The first-order chi connectivity index (χ1) is 10.5. The molecule has 0 unspecified atom stereocenters. The lowest BCUT2D eigenvalue weighted by atomic mass is 10.2. The predicted molar refractivity (Wildman–Crippen MR) is 83.8 cm³/mol. The van der Waals surface area contributed by atoms with E-state index >= 15 is 0 Å². The van der Waals surface area contributed by atoms with E-state index in [1.54, 1.807) is 0 Å². The number of rotatable bonds is 6. The Bertz CT molecular complexity index is 697. The van der Waals surface area contributed by atoms with Crippen LogP contribution in [-0.4, -0.2) is 29.1 Å². The lowest BCUT2D eigenvalue weighted by Crippen LogP contribution is -2.15. The second-order valence-electron chi connectivity index (χ2n) is 4.53. The number of benzene rings is 1. The Kier molecular flexibility index (Phi) is 5.11. The minimum Gasteiger partial charge on any atom is -0.495 e. The van der Waals surface area contributed by atoms with Gasteiger partial charge in [0, 0.05) is 5.38 Å². The summed E-state index contributed by atoms with van der Waals surface area (Å²) in [6, 6.07) is 4.30. The van der Waals surface area contributed by atoms with Crippen molar-refractivity contribution in [2.75, 3.05) is 12.4 Å². The van der Waals surface area contributed by atoms with Crippen LogP contribution in [0.3, 0.4) is 0 Å². The van der Waals surface area contributed by atoms with E-state index in [1.165, 1.54) is 36.6 Å². The monoisotopic (exact) mass is 320 g/mol. The van der Waals surface area contributed by atoms with Gasteiger partial charge in [-0.2, -0.15) is 0 Å². The van der Waals surface area contributed by atoms with Gasteiger partial charge in [0.05, 0.1) is 35.5 Å². The Morgan fingerprint density at radius 3 is 2.77 bits per heavy atom. The minimum absolute atomic E-state index is 0.0990. The van der Waals surface area contributed by atoms with Gasteiger partial charge in [-0.3, -0.25) is 4.79 Å². The Morgan fingerprint density at radius 2 is 2.18 bits per heavy atom. The fraction of sp³-hybridized carbons (Fsp3) is 0.267. The predicted octanol–water partition coefficient (Wildman–Crippen LogP) is 2.59. The van der Waals surface area contributed by atoms with E-state index in [0.717, 1.165) is 17.1 Å². The fourth-order valence-electron chi connectivity index (χ4n) is 1.88. The highest BCUT2D eigenvalue weighted by atomic mass is 32.1. The molecule has 0 bridgehead atoms. The molecule has 7 heteroatoms. The highest BCUT2D eigenvalue weighted by Gasteiger charge is 2.13. The summed E-state index contributed by atoms with van der Waals surface area (Å²) in [7, 11) is 1.42. The normalized spacial score (nSPS) is 10.3. The molecule has 0 saturated carbocycles. The molecule has 0 spiro atoms. The number of aromatic carboxylic acids is 1. The number of nitrogens with one attached hydrogen (secondary N) is 1. The zero-order chi connectivity index (χ0) is 16.1. The van der Waals surface area contributed by atoms with Crippen LogP contribution in [0.4, 0.5) is 5.69 Å². The lowest BCUT2D eigenvalue weighted by Gasteiger charge is -2.10. The molecule has 2 N–H and O–H groups in total. The standard InChI is InChI=1S/C15H16N2O4S/c1-3-14-16-10(8-22-14)7-13(18)17-11-5-4-9(15(19)20)6-12(11)21-2/h4-6,8H,3,7H2,1-2H3,(H,17,18)(H,19,20). The molecule has 2 rings (SSSR count). The number of amides is 1. The zero-order valence-corrected chi connectivity index (χ0v) is 13.1. The first-order valence-corrected chi connectivity index (χ1v) is 7.56. The van der Waals surface area contributed by atoms with Gasteiger partial charge in [0.1, 0.15) is 5.75 Å². The maximum absolute atomic E-state index is 12.0. The Hall–Kier alpha value is -2.41. The molecule has 0 saturated heterocycles. The van der Waals surface area contributed by atoms with Crippen LogP contribution in [0.2, 0.25) is 0 Å². The van der Waals surface area contributed by atoms with E-state index in [2.05, 4.69) is 10.3 Å². The molecule has 6 nitrogen and oxygen atoms in total. The summed E-state index contributed by atoms with van der Waals surface area (Å²) in [5, 5.41) is 14.5. The molecular weight excluding hydrogens is 304 g/mol. The van der Waals surface area contributed by atoms with Gasteiger partial charge in [0.15, 0.2) is 0 Å². The molecular formula is C15H16N2O4S. The van der Waals surface area contributed by atoms with Gasteiger partial charge in [-0.25, -0.2) is 9.78 Å². The zero-order valence-electron chi connectivity index (χ0n) is 12.3. The second kappa shape index (κ2) is 7.04. The molecule has 0 aliphatic carbocycles. The van der Waals surface area contributed by atoms with Crippen molar-refractivity contribution < 1.29 is 19.4 Å². The maximum Gasteiger partial charge on any atom is 0.335 e. The quantitative estimate of drug-likeness (QED) is 0.854. The average molecular weight is 320 g/mol. The van der Waals surface area contributed by atoms with Gasteiger partial charge in [-0.05, 0) is 24.6 Å². The van der Waals surface area contributed by atoms with Gasteiger partial charge in [0.2, 0.25) is 5.91 Å². The van der Waals surface area contributed by atoms with E-state index in [4.69, 9.17) is 9.84 Å². The number of aromatic nitrogens is 1. The van der Waals surface area contributed by atoms with Crippen LogP contribution in [0.25, 0.3) is 0 Å². The third-order valence-electron chi connectivity index (χ3n) is 2.97. The molecule has 22 heavy (non-hydrogen) atoms. The summed E-state index contributed by atoms with van der Waals surface area (Å²) in [5.74, 6) is -0.971. The lowest BCUT2D eigenvalue weighted by molar-refractivity contribution is -0.115. The van der Waals surface area contributed by atoms with Crippen LogP contribution >= 0.6 is 11.3 Å². The largest absolute Gasteiger partial charge is 0.495 e. The molecule has 1 aromatic carbocycles. The van der Waals surface area contributed by atoms with Crippen molar-refractivity contribution in [3.05, 3.63) is 39.8 Å². The average Bonchev–Trinajstić information content (AvgIpc) is 2.94. The van der Waals surface area contributed by atoms with Crippen molar-refractivity contribution in [1.82, 2.24) is 4.98 Å². The number of carbonyl (C=O) groups is 2. The van der Waals surface area contributed by atoms with Crippen molar-refractivity contribution in [1.29, 1.82) is 0 Å². The number of methoxy groups -OCH3 is 1. The van der Waals surface area contributed by atoms with E-state index < -0.39 is 5.97 Å². The molecule has 1 aromatic heterocycles. The van der Waals surface area contributed by atoms with Crippen molar-refractivity contribution in [3.63, 3.8) is 0 Å². The first-order valence-electron chi connectivity index (χ1n) is 6.68. The molecule has 0 fully saturated rings. The molecule has 1 heterocycles. The number of aryl methyl sites for hydroxylation is 1. The van der Waals surface area contributed by atoms with Crippen LogP contribution in [0.1, 0.15) is 28.0 Å². The summed E-state index contributed by atoms with van der Waals surface area (Å²) in [6.45, 7) is 2.01. The number of carboxylic acid groups (broad SMARTS) is 1. The molecule has 0 atom stereocenters. The van der Waals surface area contributed by atoms with Crippen LogP contribution in [0, 0.1) is 0 Å². The molecule has 0 aliphatic heterocycles. The highest BCUT2D eigenvalue weighted by molar-refractivity contribution is 7.09. The molecule has 0 aliphatic rings. The number of hydrogen-bond acceptors (Lipinski definition) is 5. The van der Waals surface area contributed by atoms with Gasteiger partial charge < -0.3 is 15.2 Å². The number of carboxylic acids is 1. The third-order valence-corrected chi connectivity index (χ3v) is 4.01. The van der Waals surface area contributed by atoms with Gasteiger partial charge >= 0.3 is 5.97 Å². The Morgan fingerprint density at radius 1 is 1.41 bits per heavy atom. The number of carbonyl (C=O) groups excluding carboxylic acids is 1. The SMILES string of the molecule is CCc1nc(CC(=O)Nc2ccc(C(=O)O)cc2OC)cs1. The molecule has 1 amide bonds. The summed E-state index contributed by atoms with van der Waals surface area (Å²) < 4.78 is 5.12. The van der Waals surface area contributed by atoms with E-state index in [-0.39, 0.29) is 17.9 Å². The second-order valence-corrected chi connectivity index (χ2v) is 5.47. The number of hydrogen-bond donors (Lipinski definition) is 2. The van der Waals surface area contributed by atoms with Gasteiger partial charge in [-0.1, -0.05) is 6.92 Å². The maximum atomic E-state index is 12.0. The van der Waals surface area contributed by atoms with E-state index in [0.29, 0.717) is 11.4 Å². The van der Waals surface area contributed by atoms with Gasteiger partial charge in [-0.15, -0.1) is 11.3 Å². The summed E-state index contributed by atoms with van der Waals surface area (Å²) in [5.41, 5.74) is 1.26. The Labute approximate surface area is 131 Å². The van der Waals surface area contributed by atoms with E-state index in [1.807, 2.05) is 12.3 Å². The topological polar surface area (TPSA) is 88.5 Å². The van der Waals surface area contributed by atoms with Crippen molar-refractivity contribution in [2.45, 2.75) is 19.8 Å². The van der Waals surface area contributed by atoms with Crippen molar-refractivity contribution in [2.24, 2.45) is 0 Å². The molecule has 2 aromatic rings. The first kappa shape index (κ1) is 16.0. The van der Waals surface area contributed by atoms with E-state index in [9.17, 15) is 9.59 Å². The smallest absolute Gasteiger partial charge is 0.335 e. The van der Waals surface area contributed by atoms with Crippen molar-refractivity contribution in [3.8, 4) is 5.75 Å². The highest BCUT2D eigenvalue weighted by Crippen LogP contribution is 2.26.